The Kier molecular flexibility index (Phi) is 3.67. The number of hydrogen-bond acceptors (Lipinski definition) is 4. The maximum absolute atomic E-state index is 11.4. The van der Waals surface area contributed by atoms with Gasteiger partial charge in [0.05, 0.1) is 19.3 Å². The maximum atomic E-state index is 11.4. The first-order chi connectivity index (χ1) is 6.67. The van der Waals surface area contributed by atoms with Gasteiger partial charge in [0.25, 0.3) is 5.91 Å². The molecule has 0 aromatic carbocycles. The normalized spacial score (nSPS) is 10.6. The van der Waals surface area contributed by atoms with Gasteiger partial charge in [-0.05, 0) is 19.1 Å². The number of furan rings is 1. The van der Waals surface area contributed by atoms with Gasteiger partial charge in [0.15, 0.2) is 5.76 Å². The quantitative estimate of drug-likeness (QED) is 0.620. The Bertz CT molecular complexity index is 304. The highest BCUT2D eigenvalue weighted by Gasteiger charge is 2.14. The number of amides is 1. The molecule has 1 heterocycles. The zero-order valence-electron chi connectivity index (χ0n) is 7.86. The van der Waals surface area contributed by atoms with Crippen LogP contribution in [0.5, 0.6) is 0 Å². The van der Waals surface area contributed by atoms with Crippen molar-refractivity contribution in [3.8, 4) is 0 Å². The highest BCUT2D eigenvalue weighted by Crippen LogP contribution is 2.05. The summed E-state index contributed by atoms with van der Waals surface area (Å²) in [5.74, 6) is 0.375. The van der Waals surface area contributed by atoms with E-state index in [2.05, 4.69) is 5.32 Å². The summed E-state index contributed by atoms with van der Waals surface area (Å²) in [5.41, 5.74) is 0. The van der Waals surface area contributed by atoms with Crippen LogP contribution in [0, 0.1) is 6.92 Å². The fourth-order valence-electron chi connectivity index (χ4n) is 0.962. The van der Waals surface area contributed by atoms with Gasteiger partial charge in [-0.2, -0.15) is 0 Å². The van der Waals surface area contributed by atoms with Crippen LogP contribution in [0.15, 0.2) is 16.5 Å². The molecule has 0 saturated heterocycles. The van der Waals surface area contributed by atoms with E-state index in [-0.39, 0.29) is 19.0 Å². The van der Waals surface area contributed by atoms with Crippen LogP contribution < -0.4 is 5.32 Å². The van der Waals surface area contributed by atoms with Crippen LogP contribution in [-0.2, 0) is 0 Å². The van der Waals surface area contributed by atoms with Crippen molar-refractivity contribution in [2.75, 3.05) is 13.2 Å². The van der Waals surface area contributed by atoms with Gasteiger partial charge in [0.1, 0.15) is 5.76 Å². The fourth-order valence-corrected chi connectivity index (χ4v) is 0.962. The molecule has 1 amide bonds. The van der Waals surface area contributed by atoms with E-state index in [9.17, 15) is 4.79 Å². The molecule has 0 radical (unpaired) electrons. The average molecular weight is 199 g/mol. The van der Waals surface area contributed by atoms with Crippen molar-refractivity contribution < 1.29 is 19.4 Å². The second-order valence-electron chi connectivity index (χ2n) is 2.95. The van der Waals surface area contributed by atoms with Crippen molar-refractivity contribution in [3.05, 3.63) is 23.7 Å². The third-order valence-electron chi connectivity index (χ3n) is 1.74. The number of aliphatic hydroxyl groups is 2. The van der Waals surface area contributed by atoms with E-state index in [0.717, 1.165) is 0 Å². The van der Waals surface area contributed by atoms with E-state index in [4.69, 9.17) is 14.6 Å². The number of nitrogens with one attached hydrogen (secondary N) is 1. The van der Waals surface area contributed by atoms with Gasteiger partial charge >= 0.3 is 0 Å². The van der Waals surface area contributed by atoms with Gasteiger partial charge in [-0.15, -0.1) is 0 Å². The molecule has 0 spiro atoms. The van der Waals surface area contributed by atoms with E-state index < -0.39 is 11.9 Å². The lowest BCUT2D eigenvalue weighted by molar-refractivity contribution is 0.0851. The third kappa shape index (κ3) is 2.58. The predicted molar refractivity (Wildman–Crippen MR) is 48.9 cm³/mol. The number of carbonyl (C=O) groups excluding carboxylic acids is 1. The van der Waals surface area contributed by atoms with E-state index in [0.29, 0.717) is 5.76 Å². The fraction of sp³-hybridized carbons (Fsp3) is 0.444. The molecule has 1 rings (SSSR count). The molecule has 0 aliphatic heterocycles. The molecule has 0 bridgehead atoms. The molecule has 0 fully saturated rings. The highest BCUT2D eigenvalue weighted by molar-refractivity contribution is 5.91. The molecule has 0 unspecified atom stereocenters. The Balaban J connectivity index is 2.58. The molecule has 1 aromatic heterocycles. The molecule has 5 nitrogen and oxygen atoms in total. The molecular formula is C9H13NO4. The van der Waals surface area contributed by atoms with E-state index in [1.807, 2.05) is 0 Å². The molecular weight excluding hydrogens is 186 g/mol. The largest absolute Gasteiger partial charge is 0.456 e. The van der Waals surface area contributed by atoms with Gasteiger partial charge in [-0.3, -0.25) is 4.79 Å². The number of aryl methyl sites for hydroxylation is 1. The SMILES string of the molecule is Cc1ccc(C(=O)NC(CO)CO)o1. The summed E-state index contributed by atoms with van der Waals surface area (Å²) in [6.07, 6.45) is 0. The van der Waals surface area contributed by atoms with Gasteiger partial charge in [-0.1, -0.05) is 0 Å². The zero-order chi connectivity index (χ0) is 10.6. The summed E-state index contributed by atoms with van der Waals surface area (Å²) in [6.45, 7) is 1.12. The average Bonchev–Trinajstić information content (AvgIpc) is 2.61. The van der Waals surface area contributed by atoms with E-state index in [1.54, 1.807) is 13.0 Å². The predicted octanol–water partition coefficient (Wildman–Crippen LogP) is -0.329. The Labute approximate surface area is 81.4 Å². The zero-order valence-corrected chi connectivity index (χ0v) is 7.86. The van der Waals surface area contributed by atoms with Crippen molar-refractivity contribution in [1.82, 2.24) is 5.32 Å². The number of aliphatic hydroxyl groups excluding tert-OH is 2. The lowest BCUT2D eigenvalue weighted by Crippen LogP contribution is -2.39. The minimum absolute atomic E-state index is 0.175. The van der Waals surface area contributed by atoms with Crippen LogP contribution in [0.25, 0.3) is 0 Å². The smallest absolute Gasteiger partial charge is 0.287 e. The highest BCUT2D eigenvalue weighted by atomic mass is 16.3. The first-order valence-electron chi connectivity index (χ1n) is 4.26. The molecule has 5 heteroatoms. The first kappa shape index (κ1) is 10.7. The van der Waals surface area contributed by atoms with Gasteiger partial charge in [0.2, 0.25) is 0 Å². The van der Waals surface area contributed by atoms with Crippen molar-refractivity contribution in [1.29, 1.82) is 0 Å². The van der Waals surface area contributed by atoms with Crippen LogP contribution in [0.4, 0.5) is 0 Å². The van der Waals surface area contributed by atoms with Crippen molar-refractivity contribution in [2.24, 2.45) is 0 Å². The second-order valence-corrected chi connectivity index (χ2v) is 2.95. The Hall–Kier alpha value is -1.33. The minimum atomic E-state index is -0.645. The van der Waals surface area contributed by atoms with Crippen molar-refractivity contribution in [3.63, 3.8) is 0 Å². The van der Waals surface area contributed by atoms with Crippen LogP contribution in [0.3, 0.4) is 0 Å². The summed E-state index contributed by atoms with van der Waals surface area (Å²) in [5, 5.41) is 19.9. The summed E-state index contributed by atoms with van der Waals surface area (Å²) < 4.78 is 5.06. The molecule has 14 heavy (non-hydrogen) atoms. The number of hydrogen-bond donors (Lipinski definition) is 3. The molecule has 0 aliphatic rings. The third-order valence-corrected chi connectivity index (χ3v) is 1.74. The van der Waals surface area contributed by atoms with E-state index >= 15 is 0 Å². The van der Waals surface area contributed by atoms with Crippen molar-refractivity contribution >= 4 is 5.91 Å². The molecule has 0 saturated carbocycles. The van der Waals surface area contributed by atoms with Crippen LogP contribution in [0.2, 0.25) is 0 Å². The Morgan fingerprint density at radius 1 is 1.50 bits per heavy atom. The summed E-state index contributed by atoms with van der Waals surface area (Å²) in [4.78, 5) is 11.4. The molecule has 0 atom stereocenters. The summed E-state index contributed by atoms with van der Waals surface area (Å²) in [6, 6.07) is 2.56. The lowest BCUT2D eigenvalue weighted by atomic mass is 10.3. The van der Waals surface area contributed by atoms with Gasteiger partial charge in [-0.25, -0.2) is 0 Å². The summed E-state index contributed by atoms with van der Waals surface area (Å²) >= 11 is 0. The van der Waals surface area contributed by atoms with Crippen LogP contribution in [0.1, 0.15) is 16.3 Å². The summed E-state index contributed by atoms with van der Waals surface area (Å²) in [7, 11) is 0. The Morgan fingerprint density at radius 2 is 2.14 bits per heavy atom. The molecule has 3 N–H and O–H groups in total. The van der Waals surface area contributed by atoms with Gasteiger partial charge < -0.3 is 19.9 Å². The Morgan fingerprint density at radius 3 is 2.57 bits per heavy atom. The molecule has 0 aliphatic carbocycles. The molecule has 78 valence electrons. The standard InChI is InChI=1S/C9H13NO4/c1-6-2-3-8(14-6)9(13)10-7(4-11)5-12/h2-3,7,11-12H,4-5H2,1H3,(H,10,13). The molecule has 1 aromatic rings. The minimum Gasteiger partial charge on any atom is -0.456 e. The van der Waals surface area contributed by atoms with Crippen LogP contribution in [-0.4, -0.2) is 35.4 Å². The second kappa shape index (κ2) is 4.78. The lowest BCUT2D eigenvalue weighted by Gasteiger charge is -2.11. The maximum Gasteiger partial charge on any atom is 0.287 e. The number of rotatable bonds is 4. The number of carbonyl (C=O) groups is 1. The monoisotopic (exact) mass is 199 g/mol. The van der Waals surface area contributed by atoms with E-state index in [1.165, 1.54) is 6.07 Å². The van der Waals surface area contributed by atoms with Crippen LogP contribution >= 0.6 is 0 Å². The van der Waals surface area contributed by atoms with Gasteiger partial charge in [0, 0.05) is 0 Å². The van der Waals surface area contributed by atoms with Crippen molar-refractivity contribution in [2.45, 2.75) is 13.0 Å². The first-order valence-corrected chi connectivity index (χ1v) is 4.26. The topological polar surface area (TPSA) is 82.7 Å².